The van der Waals surface area contributed by atoms with Crippen molar-refractivity contribution in [1.82, 2.24) is 14.7 Å². The molecule has 1 atom stereocenters. The normalized spacial score (nSPS) is 15.9. The third kappa shape index (κ3) is 3.63. The maximum atomic E-state index is 13.1. The van der Waals surface area contributed by atoms with E-state index in [0.717, 1.165) is 11.1 Å². The second-order valence-corrected chi connectivity index (χ2v) is 7.57. The molecule has 0 spiro atoms. The first-order chi connectivity index (χ1) is 14.0. The molecule has 29 heavy (non-hydrogen) atoms. The predicted molar refractivity (Wildman–Crippen MR) is 111 cm³/mol. The van der Waals surface area contributed by atoms with Crippen molar-refractivity contribution in [3.63, 3.8) is 0 Å². The van der Waals surface area contributed by atoms with Gasteiger partial charge in [-0.25, -0.2) is 4.85 Å². The number of rotatable bonds is 4. The first-order valence-corrected chi connectivity index (χ1v) is 9.63. The molecular formula is C22H19ClN4O2. The van der Waals surface area contributed by atoms with Crippen LogP contribution in [0, 0.1) is 6.57 Å². The van der Waals surface area contributed by atoms with E-state index in [0.29, 0.717) is 40.8 Å². The molecule has 2 heterocycles. The van der Waals surface area contributed by atoms with Crippen molar-refractivity contribution >= 4 is 23.2 Å². The van der Waals surface area contributed by atoms with Crippen LogP contribution in [0.15, 0.2) is 48.5 Å². The molecule has 146 valence electrons. The van der Waals surface area contributed by atoms with Crippen molar-refractivity contribution in [3.8, 4) is 11.3 Å². The van der Waals surface area contributed by atoms with Gasteiger partial charge in [0.15, 0.2) is 5.69 Å². The van der Waals surface area contributed by atoms with E-state index in [2.05, 4.69) is 9.94 Å². The molecule has 1 aromatic heterocycles. The summed E-state index contributed by atoms with van der Waals surface area (Å²) >= 11 is 6.03. The van der Waals surface area contributed by atoms with Crippen LogP contribution in [0.4, 0.5) is 5.69 Å². The van der Waals surface area contributed by atoms with Gasteiger partial charge in [0.2, 0.25) is 0 Å². The average molecular weight is 407 g/mol. The van der Waals surface area contributed by atoms with E-state index in [1.807, 2.05) is 25.1 Å². The lowest BCUT2D eigenvalue weighted by Gasteiger charge is -2.31. The van der Waals surface area contributed by atoms with Crippen molar-refractivity contribution < 1.29 is 9.90 Å². The van der Waals surface area contributed by atoms with Gasteiger partial charge >= 0.3 is 0 Å². The number of carbonyl (C=O) groups is 1. The van der Waals surface area contributed by atoms with Gasteiger partial charge in [-0.05, 0) is 36.2 Å². The van der Waals surface area contributed by atoms with Gasteiger partial charge < -0.3 is 10.0 Å². The number of nitrogens with zero attached hydrogens (tertiary/aromatic N) is 4. The maximum Gasteiger partial charge on any atom is 0.272 e. The smallest absolute Gasteiger partial charge is 0.272 e. The van der Waals surface area contributed by atoms with Gasteiger partial charge in [-0.2, -0.15) is 5.10 Å². The molecule has 0 fully saturated rings. The highest BCUT2D eigenvalue weighted by atomic mass is 35.5. The first kappa shape index (κ1) is 19.2. The zero-order valence-corrected chi connectivity index (χ0v) is 16.6. The van der Waals surface area contributed by atoms with E-state index in [1.165, 1.54) is 0 Å². The Kier molecular flexibility index (Phi) is 5.10. The summed E-state index contributed by atoms with van der Waals surface area (Å²) in [5, 5.41) is 14.8. The second kappa shape index (κ2) is 7.70. The van der Waals surface area contributed by atoms with Crippen LogP contribution in [0.5, 0.6) is 0 Å². The Morgan fingerprint density at radius 3 is 2.69 bits per heavy atom. The second-order valence-electron chi connectivity index (χ2n) is 7.13. The van der Waals surface area contributed by atoms with Crippen molar-refractivity contribution in [2.45, 2.75) is 26.1 Å². The molecule has 0 unspecified atom stereocenters. The number of aliphatic hydroxyl groups is 1. The Morgan fingerprint density at radius 2 is 2.00 bits per heavy atom. The lowest BCUT2D eigenvalue weighted by molar-refractivity contribution is 0.0651. The monoisotopic (exact) mass is 406 g/mol. The summed E-state index contributed by atoms with van der Waals surface area (Å²) in [5.74, 6) is -0.0874. The van der Waals surface area contributed by atoms with E-state index in [-0.39, 0.29) is 18.6 Å². The highest BCUT2D eigenvalue weighted by Gasteiger charge is 2.31. The van der Waals surface area contributed by atoms with Crippen LogP contribution < -0.4 is 0 Å². The molecule has 7 heteroatoms. The fourth-order valence-electron chi connectivity index (χ4n) is 3.64. The van der Waals surface area contributed by atoms with Crippen molar-refractivity contribution in [2.75, 3.05) is 6.54 Å². The minimum Gasteiger partial charge on any atom is -0.392 e. The van der Waals surface area contributed by atoms with Gasteiger partial charge in [0, 0.05) is 23.7 Å². The molecule has 1 aliphatic heterocycles. The summed E-state index contributed by atoms with van der Waals surface area (Å²) in [5.41, 5.74) is 4.16. The molecule has 1 amide bonds. The molecule has 0 bridgehead atoms. The van der Waals surface area contributed by atoms with Crippen LogP contribution in [0.25, 0.3) is 16.1 Å². The Balaban J connectivity index is 1.64. The molecule has 0 radical (unpaired) electrons. The summed E-state index contributed by atoms with van der Waals surface area (Å²) < 4.78 is 1.76. The zero-order chi connectivity index (χ0) is 20.5. The number of hydrogen-bond donors (Lipinski definition) is 1. The third-order valence-electron chi connectivity index (χ3n) is 5.10. The Morgan fingerprint density at radius 1 is 1.24 bits per heavy atom. The molecule has 6 nitrogen and oxygen atoms in total. The van der Waals surface area contributed by atoms with Gasteiger partial charge in [0.1, 0.15) is 5.69 Å². The van der Waals surface area contributed by atoms with Crippen molar-refractivity contribution in [3.05, 3.63) is 81.8 Å². The fraction of sp³-hybridized carbons (Fsp3) is 0.227. The van der Waals surface area contributed by atoms with Crippen LogP contribution in [-0.4, -0.2) is 32.2 Å². The minimum absolute atomic E-state index is 0.0174. The molecule has 0 saturated carbocycles. The third-order valence-corrected chi connectivity index (χ3v) is 5.33. The SMILES string of the molecule is [C-]#[N+]c1ccc(CN2C[C@H](C)n3nc(-c4ccc(Cl)cc4CO)cc3C2=O)cc1. The Hall–Kier alpha value is -3.14. The molecule has 4 rings (SSSR count). The van der Waals surface area contributed by atoms with Crippen molar-refractivity contribution in [2.24, 2.45) is 0 Å². The van der Waals surface area contributed by atoms with Gasteiger partial charge in [0.25, 0.3) is 5.91 Å². The van der Waals surface area contributed by atoms with E-state index >= 15 is 0 Å². The molecule has 2 aromatic carbocycles. The topological polar surface area (TPSA) is 62.7 Å². The molecule has 0 aliphatic carbocycles. The molecular weight excluding hydrogens is 388 g/mol. The molecule has 3 aromatic rings. The summed E-state index contributed by atoms with van der Waals surface area (Å²) in [4.78, 5) is 18.3. The summed E-state index contributed by atoms with van der Waals surface area (Å²) in [6, 6.07) is 14.3. The number of halogens is 1. The van der Waals surface area contributed by atoms with Gasteiger partial charge in [0.05, 0.1) is 24.9 Å². The lowest BCUT2D eigenvalue weighted by Crippen LogP contribution is -2.41. The molecule has 1 aliphatic rings. The Labute approximate surface area is 173 Å². The Bertz CT molecular complexity index is 1110. The van der Waals surface area contributed by atoms with Crippen LogP contribution in [-0.2, 0) is 13.2 Å². The van der Waals surface area contributed by atoms with E-state index in [9.17, 15) is 9.90 Å². The summed E-state index contributed by atoms with van der Waals surface area (Å²) in [6.07, 6.45) is 0. The number of fused-ring (bicyclic) bond motifs is 1. The number of hydrogen-bond acceptors (Lipinski definition) is 3. The highest BCUT2D eigenvalue weighted by molar-refractivity contribution is 6.30. The molecule has 0 saturated heterocycles. The van der Waals surface area contributed by atoms with Crippen molar-refractivity contribution in [1.29, 1.82) is 0 Å². The van der Waals surface area contributed by atoms with Crippen LogP contribution >= 0.6 is 11.6 Å². The van der Waals surface area contributed by atoms with Crippen LogP contribution in [0.2, 0.25) is 5.02 Å². The minimum atomic E-state index is -0.158. The largest absolute Gasteiger partial charge is 0.392 e. The first-order valence-electron chi connectivity index (χ1n) is 9.25. The highest BCUT2D eigenvalue weighted by Crippen LogP contribution is 2.30. The molecule has 1 N–H and O–H groups in total. The number of aromatic nitrogens is 2. The standard InChI is InChI=1S/C22H19ClN4O2/c1-14-11-26(12-15-3-6-18(24-2)7-4-15)22(29)21-10-20(25-27(14)21)19-8-5-17(23)9-16(19)13-28/h3-10,14,28H,11-13H2,1H3/t14-/m0/s1. The summed E-state index contributed by atoms with van der Waals surface area (Å²) in [7, 11) is 0. The summed E-state index contributed by atoms with van der Waals surface area (Å²) in [6.45, 7) is 9.94. The fourth-order valence-corrected chi connectivity index (χ4v) is 3.83. The number of amides is 1. The number of benzene rings is 2. The van der Waals surface area contributed by atoms with Gasteiger partial charge in [-0.15, -0.1) is 0 Å². The predicted octanol–water partition coefficient (Wildman–Crippen LogP) is 4.46. The van der Waals surface area contributed by atoms with Gasteiger partial charge in [-0.3, -0.25) is 9.48 Å². The van der Waals surface area contributed by atoms with Crippen LogP contribution in [0.1, 0.15) is 34.6 Å². The van der Waals surface area contributed by atoms with E-state index < -0.39 is 0 Å². The van der Waals surface area contributed by atoms with E-state index in [1.54, 1.807) is 39.9 Å². The van der Waals surface area contributed by atoms with Crippen LogP contribution in [0.3, 0.4) is 0 Å². The zero-order valence-electron chi connectivity index (χ0n) is 15.8. The average Bonchev–Trinajstić information content (AvgIpc) is 3.18. The quantitative estimate of drug-likeness (QED) is 0.650. The van der Waals surface area contributed by atoms with Gasteiger partial charge in [-0.1, -0.05) is 41.9 Å². The lowest BCUT2D eigenvalue weighted by atomic mass is 10.0. The number of carbonyl (C=O) groups excluding carboxylic acids is 1. The number of aliphatic hydroxyl groups excluding tert-OH is 1. The maximum absolute atomic E-state index is 13.1. The van der Waals surface area contributed by atoms with E-state index in [4.69, 9.17) is 18.2 Å².